The average molecular weight is 232 g/mol. The van der Waals surface area contributed by atoms with Crippen LogP contribution in [0.25, 0.3) is 0 Å². The SMILES string of the molecule is BrCCN(CCC1CC1)C1CC1. The van der Waals surface area contributed by atoms with Crippen molar-refractivity contribution in [3.63, 3.8) is 0 Å². The van der Waals surface area contributed by atoms with Crippen LogP contribution in [0.5, 0.6) is 0 Å². The Labute approximate surface area is 83.6 Å². The Morgan fingerprint density at radius 2 is 1.83 bits per heavy atom. The number of alkyl halides is 1. The van der Waals surface area contributed by atoms with Crippen molar-refractivity contribution in [3.8, 4) is 0 Å². The van der Waals surface area contributed by atoms with E-state index in [1.165, 1.54) is 45.2 Å². The van der Waals surface area contributed by atoms with Gasteiger partial charge >= 0.3 is 0 Å². The minimum Gasteiger partial charge on any atom is -0.300 e. The molecule has 0 aromatic heterocycles. The zero-order valence-electron chi connectivity index (χ0n) is 7.64. The molecule has 2 aliphatic carbocycles. The van der Waals surface area contributed by atoms with E-state index in [1.807, 2.05) is 0 Å². The highest BCUT2D eigenvalue weighted by Gasteiger charge is 2.30. The van der Waals surface area contributed by atoms with E-state index < -0.39 is 0 Å². The molecule has 0 aromatic rings. The molecule has 1 nitrogen and oxygen atoms in total. The minimum atomic E-state index is 0.960. The van der Waals surface area contributed by atoms with Crippen LogP contribution in [0.2, 0.25) is 0 Å². The van der Waals surface area contributed by atoms with Crippen LogP contribution in [-0.2, 0) is 0 Å². The van der Waals surface area contributed by atoms with Crippen molar-refractivity contribution in [3.05, 3.63) is 0 Å². The Morgan fingerprint density at radius 3 is 2.33 bits per heavy atom. The molecule has 0 spiro atoms. The molecule has 2 fully saturated rings. The highest BCUT2D eigenvalue weighted by molar-refractivity contribution is 9.09. The highest BCUT2D eigenvalue weighted by Crippen LogP contribution is 2.34. The lowest BCUT2D eigenvalue weighted by Crippen LogP contribution is -2.29. The van der Waals surface area contributed by atoms with Crippen LogP contribution in [-0.4, -0.2) is 29.4 Å². The molecule has 2 rings (SSSR count). The smallest absolute Gasteiger partial charge is 0.0159 e. The normalized spacial score (nSPS) is 23.5. The van der Waals surface area contributed by atoms with Crippen LogP contribution in [0.15, 0.2) is 0 Å². The zero-order valence-corrected chi connectivity index (χ0v) is 9.22. The predicted octanol–water partition coefficient (Wildman–Crippen LogP) is 2.65. The van der Waals surface area contributed by atoms with Gasteiger partial charge in [0.25, 0.3) is 0 Å². The maximum absolute atomic E-state index is 3.53. The lowest BCUT2D eigenvalue weighted by Gasteiger charge is -2.20. The lowest BCUT2D eigenvalue weighted by atomic mass is 10.2. The molecule has 0 radical (unpaired) electrons. The first-order valence-electron chi connectivity index (χ1n) is 5.20. The molecule has 0 bridgehead atoms. The van der Waals surface area contributed by atoms with Gasteiger partial charge in [-0.3, -0.25) is 4.90 Å². The Morgan fingerprint density at radius 1 is 1.08 bits per heavy atom. The zero-order chi connectivity index (χ0) is 8.39. The van der Waals surface area contributed by atoms with E-state index in [-0.39, 0.29) is 0 Å². The number of rotatable bonds is 6. The van der Waals surface area contributed by atoms with Crippen molar-refractivity contribution in [1.82, 2.24) is 4.90 Å². The quantitative estimate of drug-likeness (QED) is 0.636. The van der Waals surface area contributed by atoms with E-state index in [9.17, 15) is 0 Å². The number of hydrogen-bond acceptors (Lipinski definition) is 1. The van der Waals surface area contributed by atoms with Crippen molar-refractivity contribution >= 4 is 15.9 Å². The summed E-state index contributed by atoms with van der Waals surface area (Å²) in [5.41, 5.74) is 0. The minimum absolute atomic E-state index is 0.960. The van der Waals surface area contributed by atoms with Crippen LogP contribution in [0, 0.1) is 5.92 Å². The molecule has 2 aliphatic rings. The standard InChI is InChI=1S/C10H18BrN/c11-6-8-12(10-3-4-10)7-5-9-1-2-9/h9-10H,1-8H2. The average Bonchev–Trinajstić information content (AvgIpc) is 2.86. The van der Waals surface area contributed by atoms with Crippen molar-refractivity contribution in [1.29, 1.82) is 0 Å². The van der Waals surface area contributed by atoms with Gasteiger partial charge in [-0.2, -0.15) is 0 Å². The molecule has 2 heteroatoms. The summed E-state index contributed by atoms with van der Waals surface area (Å²) in [5, 5.41) is 1.15. The molecule has 0 amide bonds. The summed E-state index contributed by atoms with van der Waals surface area (Å²) in [6.45, 7) is 2.62. The summed E-state index contributed by atoms with van der Waals surface area (Å²) in [6.07, 6.45) is 7.39. The highest BCUT2D eigenvalue weighted by atomic mass is 79.9. The Bertz CT molecular complexity index is 141. The molecule has 0 saturated heterocycles. The lowest BCUT2D eigenvalue weighted by molar-refractivity contribution is 0.272. The molecule has 0 unspecified atom stereocenters. The second kappa shape index (κ2) is 4.10. The molecule has 12 heavy (non-hydrogen) atoms. The third-order valence-electron chi connectivity index (χ3n) is 2.96. The maximum Gasteiger partial charge on any atom is 0.0159 e. The van der Waals surface area contributed by atoms with Gasteiger partial charge in [0.05, 0.1) is 0 Å². The van der Waals surface area contributed by atoms with Gasteiger partial charge in [0.2, 0.25) is 0 Å². The van der Waals surface area contributed by atoms with E-state index in [0.29, 0.717) is 0 Å². The third kappa shape index (κ3) is 2.74. The van der Waals surface area contributed by atoms with E-state index in [4.69, 9.17) is 0 Å². The molecule has 2 saturated carbocycles. The van der Waals surface area contributed by atoms with Crippen LogP contribution < -0.4 is 0 Å². The topological polar surface area (TPSA) is 3.24 Å². The summed E-state index contributed by atoms with van der Waals surface area (Å²) in [7, 11) is 0. The fourth-order valence-electron chi connectivity index (χ4n) is 1.78. The molecular weight excluding hydrogens is 214 g/mol. The Kier molecular flexibility index (Phi) is 3.08. The van der Waals surface area contributed by atoms with Crippen molar-refractivity contribution in [2.45, 2.75) is 38.1 Å². The molecule has 0 heterocycles. The molecule has 0 aliphatic heterocycles. The summed E-state index contributed by atoms with van der Waals surface area (Å²) in [4.78, 5) is 2.67. The summed E-state index contributed by atoms with van der Waals surface area (Å²) < 4.78 is 0. The van der Waals surface area contributed by atoms with E-state index >= 15 is 0 Å². The summed E-state index contributed by atoms with van der Waals surface area (Å²) in [6, 6.07) is 0.960. The number of halogens is 1. The fourth-order valence-corrected chi connectivity index (χ4v) is 2.24. The van der Waals surface area contributed by atoms with Gasteiger partial charge in [-0.15, -0.1) is 0 Å². The second-order valence-corrected chi connectivity index (χ2v) is 4.98. The van der Waals surface area contributed by atoms with Gasteiger partial charge in [-0.1, -0.05) is 28.8 Å². The maximum atomic E-state index is 3.53. The Balaban J connectivity index is 1.64. The molecular formula is C10H18BrN. The van der Waals surface area contributed by atoms with Gasteiger partial charge in [-0.25, -0.2) is 0 Å². The van der Waals surface area contributed by atoms with E-state index in [0.717, 1.165) is 17.3 Å². The van der Waals surface area contributed by atoms with Crippen molar-refractivity contribution < 1.29 is 0 Å². The largest absolute Gasteiger partial charge is 0.300 e. The van der Waals surface area contributed by atoms with E-state index in [2.05, 4.69) is 20.8 Å². The molecule has 0 atom stereocenters. The van der Waals surface area contributed by atoms with Crippen molar-refractivity contribution in [2.75, 3.05) is 18.4 Å². The molecule has 70 valence electrons. The first-order chi connectivity index (χ1) is 5.90. The molecule has 0 aromatic carbocycles. The van der Waals surface area contributed by atoms with Gasteiger partial charge in [0.1, 0.15) is 0 Å². The monoisotopic (exact) mass is 231 g/mol. The molecule has 0 N–H and O–H groups in total. The van der Waals surface area contributed by atoms with E-state index in [1.54, 1.807) is 0 Å². The van der Waals surface area contributed by atoms with Crippen LogP contribution in [0.1, 0.15) is 32.1 Å². The Hall–Kier alpha value is 0.440. The van der Waals surface area contributed by atoms with Crippen LogP contribution >= 0.6 is 15.9 Å². The van der Waals surface area contributed by atoms with Gasteiger partial charge in [-0.05, 0) is 31.7 Å². The van der Waals surface area contributed by atoms with Crippen LogP contribution in [0.3, 0.4) is 0 Å². The van der Waals surface area contributed by atoms with Gasteiger partial charge < -0.3 is 0 Å². The second-order valence-electron chi connectivity index (χ2n) is 4.19. The first-order valence-corrected chi connectivity index (χ1v) is 6.32. The first kappa shape index (κ1) is 9.01. The fraction of sp³-hybridized carbons (Fsp3) is 1.00. The third-order valence-corrected chi connectivity index (χ3v) is 3.31. The predicted molar refractivity (Wildman–Crippen MR) is 55.7 cm³/mol. The summed E-state index contributed by atoms with van der Waals surface area (Å²) >= 11 is 3.53. The summed E-state index contributed by atoms with van der Waals surface area (Å²) in [5.74, 6) is 1.10. The van der Waals surface area contributed by atoms with Gasteiger partial charge in [0.15, 0.2) is 0 Å². The van der Waals surface area contributed by atoms with Crippen molar-refractivity contribution in [2.24, 2.45) is 5.92 Å². The number of nitrogens with zero attached hydrogens (tertiary/aromatic N) is 1. The van der Waals surface area contributed by atoms with Gasteiger partial charge in [0, 0.05) is 17.9 Å². The van der Waals surface area contributed by atoms with Crippen LogP contribution in [0.4, 0.5) is 0 Å². The number of hydrogen-bond donors (Lipinski definition) is 0.